The molecule has 0 radical (unpaired) electrons. The number of halogens is 1. The number of likely N-dealkylation sites (tertiary alicyclic amines) is 1. The largest absolute Gasteiger partial charge is 0.480 e. The molecule has 1 atom stereocenters. The fraction of sp³-hybridized carbons (Fsp3) is 0.500. The second-order valence-corrected chi connectivity index (χ2v) is 11.8. The Bertz CT molecular complexity index is 1320. The van der Waals surface area contributed by atoms with E-state index < -0.39 is 23.7 Å². The molecule has 2 aliphatic heterocycles. The third-order valence-electron chi connectivity index (χ3n) is 8.51. The topological polar surface area (TPSA) is 102 Å². The van der Waals surface area contributed by atoms with Crippen molar-refractivity contribution >= 4 is 29.3 Å². The second-order valence-electron chi connectivity index (χ2n) is 11.8. The standard InChI is InChI=1S/C32H39FN4O4/c1-20(2)34-30(38)23-10-14-26(15-11-23)37-28-17-21(19-36-16-4-3-5-27(36)32(40)41)6-7-24(28)18-29(37)35-31(39)22-8-12-25(33)13-9-22/h6-9,12-13,17,20,23,26-27H,3-5,10-11,14-16,18-19H2,1-2H3,(H,34,38)(H,40,41). The van der Waals surface area contributed by atoms with Gasteiger partial charge < -0.3 is 15.3 Å². The molecule has 9 heteroatoms. The van der Waals surface area contributed by atoms with Crippen LogP contribution in [0, 0.1) is 11.7 Å². The highest BCUT2D eigenvalue weighted by Gasteiger charge is 2.37. The zero-order chi connectivity index (χ0) is 29.1. The molecule has 2 aromatic carbocycles. The van der Waals surface area contributed by atoms with Crippen LogP contribution >= 0.6 is 0 Å². The minimum Gasteiger partial charge on any atom is -0.480 e. The monoisotopic (exact) mass is 562 g/mol. The van der Waals surface area contributed by atoms with Crippen molar-refractivity contribution in [2.75, 3.05) is 11.4 Å². The van der Waals surface area contributed by atoms with Crippen LogP contribution in [0.15, 0.2) is 47.5 Å². The van der Waals surface area contributed by atoms with Gasteiger partial charge in [-0.25, -0.2) is 4.39 Å². The fourth-order valence-electron chi connectivity index (χ4n) is 6.44. The molecule has 0 bridgehead atoms. The summed E-state index contributed by atoms with van der Waals surface area (Å²) >= 11 is 0. The normalized spacial score (nSPS) is 24.0. The lowest BCUT2D eigenvalue weighted by molar-refractivity contribution is -0.144. The zero-order valence-corrected chi connectivity index (χ0v) is 23.8. The maximum atomic E-state index is 13.5. The first-order chi connectivity index (χ1) is 19.7. The Balaban J connectivity index is 1.41. The fourth-order valence-corrected chi connectivity index (χ4v) is 6.44. The van der Waals surface area contributed by atoms with Crippen molar-refractivity contribution in [2.45, 2.75) is 89.9 Å². The summed E-state index contributed by atoms with van der Waals surface area (Å²) < 4.78 is 13.5. The van der Waals surface area contributed by atoms with Crippen LogP contribution in [0.5, 0.6) is 0 Å². The molecule has 2 N–H and O–H groups in total. The van der Waals surface area contributed by atoms with Gasteiger partial charge in [0.05, 0.1) is 0 Å². The van der Waals surface area contributed by atoms with Gasteiger partial charge in [-0.2, -0.15) is 4.99 Å². The van der Waals surface area contributed by atoms with Gasteiger partial charge in [-0.3, -0.25) is 19.3 Å². The Hall–Kier alpha value is -3.59. The van der Waals surface area contributed by atoms with Gasteiger partial charge in [-0.05, 0) is 100 Å². The van der Waals surface area contributed by atoms with E-state index in [2.05, 4.69) is 27.3 Å². The molecular weight excluding hydrogens is 523 g/mol. The van der Waals surface area contributed by atoms with E-state index in [1.165, 1.54) is 24.3 Å². The van der Waals surface area contributed by atoms with Crippen molar-refractivity contribution in [3.63, 3.8) is 0 Å². The average molecular weight is 563 g/mol. The Morgan fingerprint density at radius 2 is 1.76 bits per heavy atom. The molecule has 8 nitrogen and oxygen atoms in total. The lowest BCUT2D eigenvalue weighted by atomic mass is 9.84. The number of anilines is 1. The number of rotatable bonds is 7. The lowest BCUT2D eigenvalue weighted by Crippen LogP contribution is -2.44. The highest BCUT2D eigenvalue weighted by Crippen LogP contribution is 2.38. The molecule has 3 aliphatic rings. The molecule has 1 aliphatic carbocycles. The van der Waals surface area contributed by atoms with Gasteiger partial charge >= 0.3 is 5.97 Å². The minimum atomic E-state index is -0.778. The number of piperidine rings is 1. The number of amides is 2. The van der Waals surface area contributed by atoms with E-state index in [1.54, 1.807) is 0 Å². The second kappa shape index (κ2) is 12.5. The molecule has 2 aromatic rings. The number of carboxylic acid groups (broad SMARTS) is 1. The third-order valence-corrected chi connectivity index (χ3v) is 8.51. The van der Waals surface area contributed by atoms with Gasteiger partial charge in [0.2, 0.25) is 5.91 Å². The number of fused-ring (bicyclic) bond motifs is 1. The van der Waals surface area contributed by atoms with Crippen molar-refractivity contribution in [1.29, 1.82) is 0 Å². The Kier molecular flexibility index (Phi) is 8.82. The summed E-state index contributed by atoms with van der Waals surface area (Å²) in [6.45, 7) is 5.22. The molecule has 2 heterocycles. The number of nitrogens with zero attached hydrogens (tertiary/aromatic N) is 3. The number of nitrogens with one attached hydrogen (secondary N) is 1. The van der Waals surface area contributed by atoms with Crippen LogP contribution < -0.4 is 10.2 Å². The van der Waals surface area contributed by atoms with E-state index in [4.69, 9.17) is 0 Å². The van der Waals surface area contributed by atoms with E-state index in [-0.39, 0.29) is 23.9 Å². The Labute approximate surface area is 240 Å². The molecule has 218 valence electrons. The lowest BCUT2D eigenvalue weighted by Gasteiger charge is -2.36. The smallest absolute Gasteiger partial charge is 0.320 e. The van der Waals surface area contributed by atoms with Gasteiger partial charge in [-0.1, -0.05) is 18.6 Å². The van der Waals surface area contributed by atoms with Crippen LogP contribution in [0.4, 0.5) is 10.1 Å². The van der Waals surface area contributed by atoms with E-state index in [1.807, 2.05) is 24.8 Å². The zero-order valence-electron chi connectivity index (χ0n) is 23.8. The molecule has 0 aromatic heterocycles. The molecule has 2 fully saturated rings. The summed E-state index contributed by atoms with van der Waals surface area (Å²) in [6, 6.07) is 11.3. The van der Waals surface area contributed by atoms with E-state index >= 15 is 0 Å². The highest BCUT2D eigenvalue weighted by molar-refractivity contribution is 6.12. The van der Waals surface area contributed by atoms with Crippen LogP contribution in [0.2, 0.25) is 0 Å². The van der Waals surface area contributed by atoms with E-state index in [0.29, 0.717) is 30.8 Å². The number of carboxylic acids is 1. The molecule has 5 rings (SSSR count). The first-order valence-corrected chi connectivity index (χ1v) is 14.8. The van der Waals surface area contributed by atoms with Crippen molar-refractivity contribution in [2.24, 2.45) is 10.9 Å². The SMILES string of the molecule is CC(C)NC(=O)C1CCC(N2C(=NC(=O)c3ccc(F)cc3)Cc3ccc(CN4CCCCC4C(=O)O)cc32)CC1. The molecule has 41 heavy (non-hydrogen) atoms. The first-order valence-electron chi connectivity index (χ1n) is 14.8. The molecule has 1 saturated carbocycles. The Morgan fingerprint density at radius 3 is 2.44 bits per heavy atom. The number of aliphatic imine (C=N–C) groups is 1. The van der Waals surface area contributed by atoms with Crippen molar-refractivity contribution < 1.29 is 23.9 Å². The minimum absolute atomic E-state index is 0.0321. The van der Waals surface area contributed by atoms with Gasteiger partial charge in [0.25, 0.3) is 5.91 Å². The summed E-state index contributed by atoms with van der Waals surface area (Å²) in [4.78, 5) is 46.4. The van der Waals surface area contributed by atoms with Crippen LogP contribution in [-0.4, -0.2) is 58.3 Å². The highest BCUT2D eigenvalue weighted by atomic mass is 19.1. The maximum absolute atomic E-state index is 13.5. The molecular formula is C32H39FN4O4. The molecule has 0 spiro atoms. The van der Waals surface area contributed by atoms with Crippen molar-refractivity contribution in [3.05, 3.63) is 65.0 Å². The summed E-state index contributed by atoms with van der Waals surface area (Å²) in [6.07, 6.45) is 6.14. The summed E-state index contributed by atoms with van der Waals surface area (Å²) in [5.74, 6) is -0.885. The number of benzene rings is 2. The number of aliphatic carboxylic acids is 1. The van der Waals surface area contributed by atoms with E-state index in [9.17, 15) is 23.9 Å². The van der Waals surface area contributed by atoms with Crippen molar-refractivity contribution in [1.82, 2.24) is 10.2 Å². The first kappa shape index (κ1) is 28.9. The summed E-state index contributed by atoms with van der Waals surface area (Å²) in [5.41, 5.74) is 3.41. The number of hydrogen-bond acceptors (Lipinski definition) is 4. The van der Waals surface area contributed by atoms with Crippen LogP contribution in [-0.2, 0) is 22.6 Å². The number of hydrogen-bond donors (Lipinski definition) is 2. The van der Waals surface area contributed by atoms with E-state index in [0.717, 1.165) is 61.9 Å². The van der Waals surface area contributed by atoms with Gasteiger partial charge in [0.1, 0.15) is 17.7 Å². The van der Waals surface area contributed by atoms with Gasteiger partial charge in [0, 0.05) is 42.2 Å². The van der Waals surface area contributed by atoms with Gasteiger partial charge in [0.15, 0.2) is 0 Å². The van der Waals surface area contributed by atoms with Crippen LogP contribution in [0.1, 0.15) is 80.3 Å². The van der Waals surface area contributed by atoms with Crippen LogP contribution in [0.25, 0.3) is 0 Å². The predicted octanol–water partition coefficient (Wildman–Crippen LogP) is 4.95. The Morgan fingerprint density at radius 1 is 1.02 bits per heavy atom. The molecule has 1 saturated heterocycles. The average Bonchev–Trinajstić information content (AvgIpc) is 3.30. The van der Waals surface area contributed by atoms with Crippen LogP contribution in [0.3, 0.4) is 0 Å². The quantitative estimate of drug-likeness (QED) is 0.495. The van der Waals surface area contributed by atoms with Gasteiger partial charge in [-0.15, -0.1) is 0 Å². The maximum Gasteiger partial charge on any atom is 0.320 e. The predicted molar refractivity (Wildman–Crippen MR) is 155 cm³/mol. The molecule has 1 unspecified atom stereocenters. The number of amidine groups is 1. The summed E-state index contributed by atoms with van der Waals surface area (Å²) in [5, 5.41) is 12.8. The summed E-state index contributed by atoms with van der Waals surface area (Å²) in [7, 11) is 0. The molecule has 2 amide bonds. The number of carbonyl (C=O) groups is 3. The number of carbonyl (C=O) groups excluding carboxylic acids is 2. The van der Waals surface area contributed by atoms with Crippen molar-refractivity contribution in [3.8, 4) is 0 Å². The third kappa shape index (κ3) is 6.67.